The van der Waals surface area contributed by atoms with Crippen LogP contribution in [0.1, 0.15) is 52.4 Å². The highest BCUT2D eigenvalue weighted by Gasteiger charge is 2.51. The molecule has 0 aromatic rings. The van der Waals surface area contributed by atoms with Gasteiger partial charge in [0.15, 0.2) is 0 Å². The number of hydrogen-bond donors (Lipinski definition) is 5. The molecule has 0 bridgehead atoms. The molecule has 11 heteroatoms. The maximum atomic E-state index is 12.7. The van der Waals surface area contributed by atoms with Crippen LogP contribution in [0.25, 0.3) is 0 Å². The van der Waals surface area contributed by atoms with Crippen LogP contribution in [0.3, 0.4) is 0 Å². The molecule has 1 aliphatic heterocycles. The first-order valence-corrected chi connectivity index (χ1v) is 9.59. The van der Waals surface area contributed by atoms with Crippen molar-refractivity contribution in [1.29, 1.82) is 0 Å². The van der Waals surface area contributed by atoms with Crippen molar-refractivity contribution >= 4 is 29.7 Å². The fourth-order valence-electron chi connectivity index (χ4n) is 3.44. The number of ether oxygens (including phenoxy) is 1. The molecule has 11 nitrogen and oxygen atoms in total. The summed E-state index contributed by atoms with van der Waals surface area (Å²) in [7, 11) is 0. The first-order chi connectivity index (χ1) is 13.5. The fraction of sp³-hybridized carbons (Fsp3) is 0.722. The van der Waals surface area contributed by atoms with E-state index in [2.05, 4.69) is 16.0 Å². The van der Waals surface area contributed by atoms with Crippen molar-refractivity contribution in [3.8, 4) is 0 Å². The molecule has 1 unspecified atom stereocenters. The molecule has 0 aromatic heterocycles. The van der Waals surface area contributed by atoms with E-state index in [1.165, 1.54) is 13.8 Å². The molecule has 1 aliphatic carbocycles. The number of amides is 3. The number of carbonyl (C=O) groups excluding carboxylic acids is 3. The fourth-order valence-corrected chi connectivity index (χ4v) is 3.44. The number of carboxylic acids is 2. The van der Waals surface area contributed by atoms with Crippen LogP contribution in [-0.4, -0.2) is 69.7 Å². The monoisotopic (exact) mass is 413 g/mol. The third-order valence-corrected chi connectivity index (χ3v) is 5.28. The Kier molecular flexibility index (Phi) is 7.17. The summed E-state index contributed by atoms with van der Waals surface area (Å²) in [4.78, 5) is 59.2. The molecule has 2 rings (SSSR count). The molecule has 0 spiro atoms. The highest BCUT2D eigenvalue weighted by molar-refractivity contribution is 6.09. The quantitative estimate of drug-likeness (QED) is 0.320. The Morgan fingerprint density at radius 2 is 1.86 bits per heavy atom. The highest BCUT2D eigenvalue weighted by atomic mass is 16.5. The van der Waals surface area contributed by atoms with E-state index in [9.17, 15) is 24.0 Å². The minimum absolute atomic E-state index is 0.136. The van der Waals surface area contributed by atoms with E-state index in [0.29, 0.717) is 6.42 Å². The first kappa shape index (κ1) is 22.6. The third kappa shape index (κ3) is 5.43. The second-order valence-corrected chi connectivity index (χ2v) is 7.58. The van der Waals surface area contributed by atoms with E-state index in [4.69, 9.17) is 14.9 Å². The number of hydrogen-bond acceptors (Lipinski definition) is 6. The summed E-state index contributed by atoms with van der Waals surface area (Å²) in [6.45, 7) is 2.66. The summed E-state index contributed by atoms with van der Waals surface area (Å²) in [5.41, 5.74) is -1.80. The molecule has 5 N–H and O–H groups in total. The number of carbonyl (C=O) groups is 5. The van der Waals surface area contributed by atoms with Crippen LogP contribution < -0.4 is 16.0 Å². The number of carboxylic acid groups (broad SMARTS) is 2. The Morgan fingerprint density at radius 3 is 2.48 bits per heavy atom. The lowest BCUT2D eigenvalue weighted by atomic mass is 9.88. The maximum Gasteiger partial charge on any atom is 0.326 e. The van der Waals surface area contributed by atoms with Crippen molar-refractivity contribution in [3.05, 3.63) is 0 Å². The molecule has 0 aromatic carbocycles. The Morgan fingerprint density at radius 1 is 1.21 bits per heavy atom. The second kappa shape index (κ2) is 9.21. The normalized spacial score (nSPS) is 28.3. The van der Waals surface area contributed by atoms with Crippen LogP contribution in [0.2, 0.25) is 0 Å². The topological polar surface area (TPSA) is 171 Å². The summed E-state index contributed by atoms with van der Waals surface area (Å²) < 4.78 is 5.80. The largest absolute Gasteiger partial charge is 0.481 e. The van der Waals surface area contributed by atoms with Gasteiger partial charge in [0.25, 0.3) is 11.8 Å². The Bertz CT molecular complexity index is 697. The van der Waals surface area contributed by atoms with Crippen molar-refractivity contribution in [1.82, 2.24) is 16.0 Å². The Hall–Kier alpha value is -2.69. The zero-order valence-electron chi connectivity index (χ0n) is 16.4. The van der Waals surface area contributed by atoms with E-state index >= 15 is 0 Å². The zero-order chi connectivity index (χ0) is 21.8. The van der Waals surface area contributed by atoms with Crippen LogP contribution in [0.5, 0.6) is 0 Å². The summed E-state index contributed by atoms with van der Waals surface area (Å²) in [6, 6.07) is -2.71. The van der Waals surface area contributed by atoms with Gasteiger partial charge in [-0.1, -0.05) is 12.8 Å². The van der Waals surface area contributed by atoms with Gasteiger partial charge in [-0.25, -0.2) is 4.79 Å². The lowest BCUT2D eigenvalue weighted by molar-refractivity contribution is -0.182. The van der Waals surface area contributed by atoms with Gasteiger partial charge in [-0.2, -0.15) is 0 Å². The minimum atomic E-state index is -1.80. The van der Waals surface area contributed by atoms with Gasteiger partial charge in [0, 0.05) is 6.42 Å². The predicted octanol–water partition coefficient (Wildman–Crippen LogP) is -0.858. The third-order valence-electron chi connectivity index (χ3n) is 5.28. The number of fused-ring (bicyclic) bond motifs is 1. The van der Waals surface area contributed by atoms with Crippen molar-refractivity contribution in [2.45, 2.75) is 82.2 Å². The smallest absolute Gasteiger partial charge is 0.326 e. The molecular weight excluding hydrogens is 386 g/mol. The zero-order valence-corrected chi connectivity index (χ0v) is 16.4. The Labute approximate surface area is 167 Å². The standard InChI is InChI=1S/C18H27N3O8/c1-9(14(24)20-11(15(25)26)7-8-13(22)23)19-16(27)18(2)17(28)21-10-5-3-4-6-12(10)29-18/h9-12H,3-8H2,1-2H3,(H,19,27)(H,20,24)(H,21,28)(H,22,23)(H,25,26)/t9-,10-,11+,12-,18?/m0/s1. The molecule has 5 atom stereocenters. The van der Waals surface area contributed by atoms with E-state index < -0.39 is 53.8 Å². The molecule has 29 heavy (non-hydrogen) atoms. The molecule has 2 aliphatic rings. The number of rotatable bonds is 8. The minimum Gasteiger partial charge on any atom is -0.481 e. The van der Waals surface area contributed by atoms with E-state index in [1.807, 2.05) is 0 Å². The van der Waals surface area contributed by atoms with Crippen LogP contribution >= 0.6 is 0 Å². The molecule has 1 heterocycles. The van der Waals surface area contributed by atoms with Gasteiger partial charge in [0.1, 0.15) is 12.1 Å². The lowest BCUT2D eigenvalue weighted by Crippen LogP contribution is -2.68. The van der Waals surface area contributed by atoms with Crippen molar-refractivity contribution in [2.24, 2.45) is 0 Å². The molecule has 2 fully saturated rings. The molecular formula is C18H27N3O8. The predicted molar refractivity (Wildman–Crippen MR) is 97.7 cm³/mol. The van der Waals surface area contributed by atoms with Gasteiger partial charge in [0.2, 0.25) is 11.5 Å². The molecule has 162 valence electrons. The van der Waals surface area contributed by atoms with Crippen molar-refractivity contribution in [2.75, 3.05) is 0 Å². The van der Waals surface area contributed by atoms with Crippen molar-refractivity contribution in [3.63, 3.8) is 0 Å². The van der Waals surface area contributed by atoms with Gasteiger partial charge in [-0.15, -0.1) is 0 Å². The summed E-state index contributed by atoms with van der Waals surface area (Å²) >= 11 is 0. The van der Waals surface area contributed by atoms with Gasteiger partial charge in [-0.3, -0.25) is 19.2 Å². The molecule has 1 saturated heterocycles. The average Bonchev–Trinajstić information content (AvgIpc) is 2.65. The van der Waals surface area contributed by atoms with E-state index in [-0.39, 0.29) is 18.6 Å². The van der Waals surface area contributed by atoms with Crippen LogP contribution in [0.15, 0.2) is 0 Å². The number of aliphatic carboxylic acids is 2. The molecule has 1 saturated carbocycles. The van der Waals surface area contributed by atoms with Crippen molar-refractivity contribution < 1.29 is 38.9 Å². The van der Waals surface area contributed by atoms with Gasteiger partial charge < -0.3 is 30.9 Å². The van der Waals surface area contributed by atoms with E-state index in [1.54, 1.807) is 0 Å². The van der Waals surface area contributed by atoms with Crippen LogP contribution in [0, 0.1) is 0 Å². The summed E-state index contributed by atoms with van der Waals surface area (Å²) in [6.07, 6.45) is 2.37. The van der Waals surface area contributed by atoms with E-state index in [0.717, 1.165) is 19.3 Å². The first-order valence-electron chi connectivity index (χ1n) is 9.59. The lowest BCUT2D eigenvalue weighted by Gasteiger charge is -2.43. The van der Waals surface area contributed by atoms with Gasteiger partial charge in [0.05, 0.1) is 12.1 Å². The Balaban J connectivity index is 1.97. The van der Waals surface area contributed by atoms with Crippen LogP contribution in [-0.2, 0) is 28.7 Å². The summed E-state index contributed by atoms with van der Waals surface area (Å²) in [5, 5.41) is 25.2. The number of morpholine rings is 1. The van der Waals surface area contributed by atoms with Gasteiger partial charge >= 0.3 is 11.9 Å². The SMILES string of the molecule is C[C@H](NC(=O)C1(C)O[C@H]2CCCC[C@@H]2NC1=O)C(=O)N[C@H](CCC(=O)O)C(=O)O. The summed E-state index contributed by atoms with van der Waals surface area (Å²) in [5.74, 6) is -4.79. The molecule has 3 amide bonds. The highest BCUT2D eigenvalue weighted by Crippen LogP contribution is 2.30. The van der Waals surface area contributed by atoms with Crippen LogP contribution in [0.4, 0.5) is 0 Å². The average molecular weight is 413 g/mol. The number of nitrogens with one attached hydrogen (secondary N) is 3. The maximum absolute atomic E-state index is 12.7. The van der Waals surface area contributed by atoms with Gasteiger partial charge in [-0.05, 0) is 33.1 Å². The second-order valence-electron chi connectivity index (χ2n) is 7.58. The molecule has 0 radical (unpaired) electrons.